The molecule has 0 heterocycles. The summed E-state index contributed by atoms with van der Waals surface area (Å²) >= 11 is -2.22. The van der Waals surface area contributed by atoms with Crippen molar-refractivity contribution in [3.8, 4) is 0 Å². The molecule has 0 spiro atoms. The van der Waals surface area contributed by atoms with Crippen LogP contribution in [0.25, 0.3) is 0 Å². The van der Waals surface area contributed by atoms with E-state index in [1.165, 1.54) is 0 Å². The maximum atomic E-state index is 9.19. The van der Waals surface area contributed by atoms with E-state index in [4.69, 9.17) is 0 Å². The van der Waals surface area contributed by atoms with Crippen molar-refractivity contribution >= 4 is 0 Å². The van der Waals surface area contributed by atoms with Crippen LogP contribution in [0.3, 0.4) is 0 Å². The van der Waals surface area contributed by atoms with E-state index in [1.807, 2.05) is 0 Å². The Bertz CT molecular complexity index is 35.8. The summed E-state index contributed by atoms with van der Waals surface area (Å²) in [5, 5.41) is 0. The third-order valence-electron chi connectivity index (χ3n) is 0.0556. The molecule has 0 atom stereocenters. The van der Waals surface area contributed by atoms with E-state index in [2.05, 4.69) is 2.84 Å². The van der Waals surface area contributed by atoms with Gasteiger partial charge in [0.15, 0.2) is 0 Å². The van der Waals surface area contributed by atoms with Gasteiger partial charge in [-0.1, -0.05) is 0 Å². The Kier molecular flexibility index (Phi) is 76.3. The van der Waals surface area contributed by atoms with Crippen LogP contribution in [0.2, 0.25) is 0 Å². The summed E-state index contributed by atoms with van der Waals surface area (Å²) in [7, 11) is 0. The second kappa shape index (κ2) is 25.9. The van der Waals surface area contributed by atoms with Crippen molar-refractivity contribution in [2.75, 3.05) is 0 Å². The molecule has 6 nitrogen and oxygen atoms in total. The van der Waals surface area contributed by atoms with Gasteiger partial charge in [-0.25, -0.2) is 0 Å². The van der Waals surface area contributed by atoms with Gasteiger partial charge in [-0.2, -0.15) is 0 Å². The maximum absolute atomic E-state index is 9.19. The van der Waals surface area contributed by atoms with Crippen LogP contribution in [0.4, 0.5) is 0 Å². The van der Waals surface area contributed by atoms with Crippen LogP contribution in [0.5, 0.6) is 0 Å². The van der Waals surface area contributed by atoms with Crippen LogP contribution in [0.15, 0.2) is 0 Å². The summed E-state index contributed by atoms with van der Waals surface area (Å²) in [6, 6.07) is 0. The number of hydrogen-bond donors (Lipinski definition) is 0. The molecule has 0 fully saturated rings. The molecule has 0 amide bonds. The number of rotatable bonds is 2. The first-order valence-corrected chi connectivity index (χ1v) is 2.75. The van der Waals surface area contributed by atoms with Crippen molar-refractivity contribution in [1.82, 2.24) is 0 Å². The van der Waals surface area contributed by atoms with E-state index in [9.17, 15) is 7.61 Å². The van der Waals surface area contributed by atoms with E-state index in [0.717, 1.165) is 0 Å². The Labute approximate surface area is 58.3 Å². The van der Waals surface area contributed by atoms with Crippen LogP contribution in [-0.2, 0) is 41.4 Å². The molecule has 54 valence electrons. The first-order valence-electron chi connectivity index (χ1n) is 0.667. The molecule has 0 aromatic rings. The quantitative estimate of drug-likeness (QED) is 0.482. The van der Waals surface area contributed by atoms with Crippen LogP contribution in [0.1, 0.15) is 0 Å². The molecule has 8 heavy (non-hydrogen) atoms. The Morgan fingerprint density at radius 2 is 1.12 bits per heavy atom. The molecule has 0 unspecified atom stereocenters. The van der Waals surface area contributed by atoms with Gasteiger partial charge in [0.25, 0.3) is 0 Å². The van der Waals surface area contributed by atoms with Crippen LogP contribution in [-0.4, -0.2) is 16.4 Å². The van der Waals surface area contributed by atoms with Gasteiger partial charge in [0.2, 0.25) is 0 Å². The third kappa shape index (κ3) is 31.4. The van der Waals surface area contributed by atoms with E-state index >= 15 is 0 Å². The fourth-order valence-corrected chi connectivity index (χ4v) is 0.193. The Hall–Kier alpha value is 0.505. The zero-order chi connectivity index (χ0) is 4.12. The van der Waals surface area contributed by atoms with Crippen molar-refractivity contribution in [1.29, 1.82) is 0 Å². The predicted molar refractivity (Wildman–Crippen MR) is 13.3 cm³/mol. The molecule has 0 aliphatic carbocycles. The second-order valence-electron chi connectivity index (χ2n) is 0.204. The van der Waals surface area contributed by atoms with E-state index < -0.39 is 31.0 Å². The first kappa shape index (κ1) is 23.6. The predicted octanol–water partition coefficient (Wildman–Crippen LogP) is -2.79. The molecular weight excluding hydrogens is 200 g/mol. The van der Waals surface area contributed by atoms with E-state index in [-0.39, 0.29) is 16.4 Å². The Balaban J connectivity index is -0.0000000267. The van der Waals surface area contributed by atoms with Gasteiger partial charge >= 0.3 is 41.4 Å². The standard InChI is InChI=1S/2Cr.3H2O.3O/h;;3*1H2;;;. The molecule has 0 aromatic carbocycles. The molecule has 0 radical (unpaired) electrons. The summed E-state index contributed by atoms with van der Waals surface area (Å²) in [6.07, 6.45) is 0. The number of hydrogen-bond acceptors (Lipinski definition) is 3. The fraction of sp³-hybridized carbons (Fsp3) is 0. The van der Waals surface area contributed by atoms with Crippen molar-refractivity contribution in [3.05, 3.63) is 0 Å². The zero-order valence-corrected chi connectivity index (χ0v) is 6.09. The van der Waals surface area contributed by atoms with Crippen molar-refractivity contribution in [2.24, 2.45) is 0 Å². The first-order chi connectivity index (χ1) is 2.41. The molecule has 0 rings (SSSR count). The molecule has 0 saturated carbocycles. The molecular formula is H6Cr2O6. The average molecular weight is 206 g/mol. The molecule has 6 N–H and O–H groups in total. The SMILES string of the molecule is O.O.O.[O]=[Cr][O][Cr]=[O]. The normalized spacial score (nSPS) is 4.00. The van der Waals surface area contributed by atoms with Crippen LogP contribution >= 0.6 is 0 Å². The zero-order valence-electron chi connectivity index (χ0n) is 3.54. The molecule has 0 saturated heterocycles. The van der Waals surface area contributed by atoms with E-state index in [0.29, 0.717) is 0 Å². The van der Waals surface area contributed by atoms with Crippen LogP contribution < -0.4 is 0 Å². The van der Waals surface area contributed by atoms with Gasteiger partial charge in [-0.3, -0.25) is 0 Å². The van der Waals surface area contributed by atoms with E-state index in [1.54, 1.807) is 0 Å². The minimum atomic E-state index is -1.11. The second-order valence-corrected chi connectivity index (χ2v) is 1.72. The van der Waals surface area contributed by atoms with Crippen molar-refractivity contribution in [2.45, 2.75) is 0 Å². The summed E-state index contributed by atoms with van der Waals surface area (Å²) < 4.78 is 22.2. The summed E-state index contributed by atoms with van der Waals surface area (Å²) in [5.41, 5.74) is 0. The molecule has 0 aromatic heterocycles. The third-order valence-corrected chi connectivity index (χ3v) is 0.944. The molecule has 0 bridgehead atoms. The molecule has 0 aliphatic heterocycles. The van der Waals surface area contributed by atoms with Gasteiger partial charge in [0.05, 0.1) is 0 Å². The van der Waals surface area contributed by atoms with Crippen LogP contribution in [0, 0.1) is 0 Å². The minimum absolute atomic E-state index is 0. The fourth-order valence-electron chi connectivity index (χ4n) is 0.0113. The molecule has 0 aliphatic rings. The van der Waals surface area contributed by atoms with Gasteiger partial charge in [0.1, 0.15) is 0 Å². The Morgan fingerprint density at radius 1 is 0.875 bits per heavy atom. The van der Waals surface area contributed by atoms with Crippen molar-refractivity contribution in [3.63, 3.8) is 0 Å². The summed E-state index contributed by atoms with van der Waals surface area (Å²) in [6.45, 7) is 0. The van der Waals surface area contributed by atoms with Gasteiger partial charge in [-0.15, -0.1) is 0 Å². The Morgan fingerprint density at radius 3 is 1.12 bits per heavy atom. The van der Waals surface area contributed by atoms with Crippen molar-refractivity contribution < 1.29 is 57.9 Å². The van der Waals surface area contributed by atoms with Gasteiger partial charge in [0, 0.05) is 0 Å². The summed E-state index contributed by atoms with van der Waals surface area (Å²) in [5.74, 6) is 0. The van der Waals surface area contributed by atoms with Gasteiger partial charge in [-0.05, 0) is 0 Å². The topological polar surface area (TPSA) is 138 Å². The average Bonchev–Trinajstić information content (AvgIpc) is 1.41. The van der Waals surface area contributed by atoms with Gasteiger partial charge < -0.3 is 16.4 Å². The summed E-state index contributed by atoms with van der Waals surface area (Å²) in [4.78, 5) is 0. The molecule has 8 heteroatoms. The monoisotopic (exact) mass is 206 g/mol.